The summed E-state index contributed by atoms with van der Waals surface area (Å²) >= 11 is 1.17. The molecule has 10 heteroatoms. The maximum absolute atomic E-state index is 12.2. The van der Waals surface area contributed by atoms with E-state index in [0.29, 0.717) is 21.8 Å². The van der Waals surface area contributed by atoms with E-state index in [0.717, 1.165) is 5.52 Å². The lowest BCUT2D eigenvalue weighted by atomic mass is 10.3. The third kappa shape index (κ3) is 3.45. The SMILES string of the molecule is C=CCn1c(=NC(=O)c2cc(C)on2)sc2cc(S(N)(=O)=O)ccc21. The summed E-state index contributed by atoms with van der Waals surface area (Å²) in [6.45, 7) is 5.77. The highest BCUT2D eigenvalue weighted by molar-refractivity contribution is 7.89. The summed E-state index contributed by atoms with van der Waals surface area (Å²) in [6, 6.07) is 5.99. The second-order valence-electron chi connectivity index (χ2n) is 5.20. The standard InChI is InChI=1S/C15H14N4O4S2/c1-3-6-19-12-5-4-10(25(16,21)22)8-13(12)24-15(19)17-14(20)11-7-9(2)23-18-11/h3-5,7-8H,1,6H2,2H3,(H2,16,21,22). The number of aryl methyl sites for hydroxylation is 1. The summed E-state index contributed by atoms with van der Waals surface area (Å²) < 4.78 is 30.3. The zero-order valence-electron chi connectivity index (χ0n) is 13.2. The van der Waals surface area contributed by atoms with Gasteiger partial charge in [-0.3, -0.25) is 4.79 Å². The molecule has 0 unspecified atom stereocenters. The number of benzene rings is 1. The van der Waals surface area contributed by atoms with Crippen LogP contribution in [0.4, 0.5) is 0 Å². The van der Waals surface area contributed by atoms with Gasteiger partial charge < -0.3 is 9.09 Å². The molecule has 2 heterocycles. The van der Waals surface area contributed by atoms with Crippen molar-refractivity contribution in [3.8, 4) is 0 Å². The fraction of sp³-hybridized carbons (Fsp3) is 0.133. The van der Waals surface area contributed by atoms with Crippen molar-refractivity contribution in [1.29, 1.82) is 0 Å². The number of aromatic nitrogens is 2. The third-order valence-corrected chi connectivity index (χ3v) is 5.29. The lowest BCUT2D eigenvalue weighted by Gasteiger charge is -2.02. The Hall–Kier alpha value is -2.56. The van der Waals surface area contributed by atoms with Gasteiger partial charge in [0.2, 0.25) is 10.0 Å². The van der Waals surface area contributed by atoms with Crippen LogP contribution in [0.5, 0.6) is 0 Å². The molecule has 0 saturated heterocycles. The van der Waals surface area contributed by atoms with Crippen molar-refractivity contribution in [2.24, 2.45) is 10.1 Å². The molecule has 0 spiro atoms. The quantitative estimate of drug-likeness (QED) is 0.691. The van der Waals surface area contributed by atoms with E-state index in [-0.39, 0.29) is 10.6 Å². The zero-order valence-corrected chi connectivity index (χ0v) is 14.8. The number of primary sulfonamides is 1. The molecule has 130 valence electrons. The van der Waals surface area contributed by atoms with Crippen molar-refractivity contribution in [1.82, 2.24) is 9.72 Å². The molecule has 0 saturated carbocycles. The number of thiazole rings is 1. The van der Waals surface area contributed by atoms with Crippen LogP contribution in [-0.2, 0) is 16.6 Å². The molecule has 0 fully saturated rings. The van der Waals surface area contributed by atoms with Crippen LogP contribution in [0.3, 0.4) is 0 Å². The number of hydrogen-bond acceptors (Lipinski definition) is 6. The van der Waals surface area contributed by atoms with E-state index < -0.39 is 15.9 Å². The van der Waals surface area contributed by atoms with Gasteiger partial charge in [-0.05, 0) is 25.1 Å². The molecule has 1 amide bonds. The van der Waals surface area contributed by atoms with E-state index >= 15 is 0 Å². The number of fused-ring (bicyclic) bond motifs is 1. The first-order chi connectivity index (χ1) is 11.8. The summed E-state index contributed by atoms with van der Waals surface area (Å²) in [5.41, 5.74) is 0.825. The average molecular weight is 378 g/mol. The summed E-state index contributed by atoms with van der Waals surface area (Å²) in [5, 5.41) is 8.82. The molecule has 0 aliphatic rings. The fourth-order valence-electron chi connectivity index (χ4n) is 2.23. The van der Waals surface area contributed by atoms with Crippen LogP contribution in [0, 0.1) is 6.92 Å². The third-order valence-electron chi connectivity index (χ3n) is 3.34. The molecule has 1 aromatic carbocycles. The Morgan fingerprint density at radius 2 is 2.24 bits per heavy atom. The van der Waals surface area contributed by atoms with Crippen molar-refractivity contribution >= 4 is 37.5 Å². The van der Waals surface area contributed by atoms with Crippen molar-refractivity contribution in [3.63, 3.8) is 0 Å². The largest absolute Gasteiger partial charge is 0.361 e. The average Bonchev–Trinajstić information content (AvgIpc) is 3.11. The Morgan fingerprint density at radius 3 is 2.84 bits per heavy atom. The predicted molar refractivity (Wildman–Crippen MR) is 92.5 cm³/mol. The summed E-state index contributed by atoms with van der Waals surface area (Å²) in [4.78, 5) is 16.7. The molecule has 8 nitrogen and oxygen atoms in total. The lowest BCUT2D eigenvalue weighted by molar-refractivity contribution is 0.0989. The van der Waals surface area contributed by atoms with Crippen LogP contribution in [0.25, 0.3) is 10.2 Å². The maximum atomic E-state index is 12.2. The number of rotatable bonds is 4. The van der Waals surface area contributed by atoms with E-state index in [2.05, 4.69) is 16.7 Å². The number of carbonyl (C=O) groups is 1. The molecule has 3 aromatic rings. The second-order valence-corrected chi connectivity index (χ2v) is 7.77. The highest BCUT2D eigenvalue weighted by atomic mass is 32.2. The van der Waals surface area contributed by atoms with Crippen molar-refractivity contribution in [2.45, 2.75) is 18.4 Å². The van der Waals surface area contributed by atoms with Crippen LogP contribution >= 0.6 is 11.3 Å². The summed E-state index contributed by atoms with van der Waals surface area (Å²) in [5.74, 6) is -0.0421. The molecule has 2 aromatic heterocycles. The van der Waals surface area contributed by atoms with Gasteiger partial charge in [0.1, 0.15) is 5.76 Å². The van der Waals surface area contributed by atoms with Crippen molar-refractivity contribution < 1.29 is 17.7 Å². The van der Waals surface area contributed by atoms with Crippen LogP contribution in [0.2, 0.25) is 0 Å². The molecule has 0 aliphatic carbocycles. The minimum Gasteiger partial charge on any atom is -0.361 e. The molecule has 0 radical (unpaired) electrons. The van der Waals surface area contributed by atoms with E-state index in [4.69, 9.17) is 9.66 Å². The Bertz CT molecular complexity index is 1150. The second kappa shape index (κ2) is 6.39. The number of sulfonamides is 1. The number of allylic oxidation sites excluding steroid dienone is 1. The monoisotopic (exact) mass is 378 g/mol. The first-order valence-corrected chi connectivity index (χ1v) is 9.45. The first-order valence-electron chi connectivity index (χ1n) is 7.09. The topological polar surface area (TPSA) is 121 Å². The van der Waals surface area contributed by atoms with Crippen LogP contribution in [0.1, 0.15) is 16.2 Å². The van der Waals surface area contributed by atoms with Gasteiger partial charge in [0.15, 0.2) is 10.5 Å². The zero-order chi connectivity index (χ0) is 18.2. The smallest absolute Gasteiger partial charge is 0.301 e. The highest BCUT2D eigenvalue weighted by Crippen LogP contribution is 2.21. The molecular formula is C15H14N4O4S2. The lowest BCUT2D eigenvalue weighted by Crippen LogP contribution is -2.16. The minimum atomic E-state index is -3.82. The number of nitrogens with two attached hydrogens (primary N) is 1. The Morgan fingerprint density at radius 1 is 1.48 bits per heavy atom. The number of hydrogen-bond donors (Lipinski definition) is 1. The van der Waals surface area contributed by atoms with Gasteiger partial charge in [0.05, 0.1) is 15.1 Å². The van der Waals surface area contributed by atoms with Gasteiger partial charge in [-0.2, -0.15) is 4.99 Å². The van der Waals surface area contributed by atoms with Gasteiger partial charge in [-0.15, -0.1) is 6.58 Å². The van der Waals surface area contributed by atoms with Crippen molar-refractivity contribution in [2.75, 3.05) is 0 Å². The van der Waals surface area contributed by atoms with E-state index in [1.165, 1.54) is 29.5 Å². The molecule has 0 bridgehead atoms. The van der Waals surface area contributed by atoms with Crippen LogP contribution in [0.15, 0.2) is 51.3 Å². The van der Waals surface area contributed by atoms with Gasteiger partial charge in [0, 0.05) is 12.6 Å². The molecule has 0 atom stereocenters. The minimum absolute atomic E-state index is 0.00277. The summed E-state index contributed by atoms with van der Waals surface area (Å²) in [7, 11) is -3.82. The van der Waals surface area contributed by atoms with E-state index in [1.807, 2.05) is 0 Å². The first kappa shape index (κ1) is 17.3. The number of nitrogens with zero attached hydrogens (tertiary/aromatic N) is 3. The maximum Gasteiger partial charge on any atom is 0.301 e. The summed E-state index contributed by atoms with van der Waals surface area (Å²) in [6.07, 6.45) is 1.66. The normalized spacial score (nSPS) is 12.6. The highest BCUT2D eigenvalue weighted by Gasteiger charge is 2.14. The van der Waals surface area contributed by atoms with E-state index in [1.54, 1.807) is 23.6 Å². The molecule has 0 aliphatic heterocycles. The predicted octanol–water partition coefficient (Wildman–Crippen LogP) is 1.57. The molecular weight excluding hydrogens is 364 g/mol. The Kier molecular flexibility index (Phi) is 4.41. The Balaban J connectivity index is 2.19. The molecule has 3 rings (SSSR count). The van der Waals surface area contributed by atoms with Gasteiger partial charge in [-0.25, -0.2) is 13.6 Å². The van der Waals surface area contributed by atoms with E-state index in [9.17, 15) is 13.2 Å². The van der Waals surface area contributed by atoms with Crippen molar-refractivity contribution in [3.05, 3.63) is 53.2 Å². The number of carbonyl (C=O) groups excluding carboxylic acids is 1. The van der Waals surface area contributed by atoms with Gasteiger partial charge in [-0.1, -0.05) is 22.6 Å². The van der Waals surface area contributed by atoms with Gasteiger partial charge in [0.25, 0.3) is 0 Å². The molecule has 2 N–H and O–H groups in total. The van der Waals surface area contributed by atoms with Crippen LogP contribution < -0.4 is 9.94 Å². The fourth-order valence-corrected chi connectivity index (χ4v) is 3.92. The molecule has 25 heavy (non-hydrogen) atoms. The van der Waals surface area contributed by atoms with Gasteiger partial charge >= 0.3 is 5.91 Å². The van der Waals surface area contributed by atoms with Crippen LogP contribution in [-0.4, -0.2) is 24.0 Å². The number of amides is 1. The Labute approximate surface area is 146 Å².